The maximum absolute atomic E-state index is 10.3. The monoisotopic (exact) mass is 204 g/mol. The summed E-state index contributed by atoms with van der Waals surface area (Å²) in [5.41, 5.74) is 2.67. The van der Waals surface area contributed by atoms with E-state index < -0.39 is 0 Å². The summed E-state index contributed by atoms with van der Waals surface area (Å²) in [6, 6.07) is 5.66. The number of aldehydes is 1. The van der Waals surface area contributed by atoms with Gasteiger partial charge in [-0.15, -0.1) is 0 Å². The first kappa shape index (κ1) is 11.2. The highest BCUT2D eigenvalue weighted by atomic mass is 16.1. The molecule has 0 aliphatic rings. The summed E-state index contributed by atoms with van der Waals surface area (Å²) in [6.45, 7) is 0. The highest BCUT2D eigenvalue weighted by molar-refractivity contribution is 5.75. The standard InChI is InChI=1S/C10H8N2O.H4N2/c13-6-3-8-1-2-9-10(7-8)12-5-4-11-9;1-2/h1-2,4-7H,3H2;1-2H2. The molecule has 2 aromatic rings. The Bertz CT molecular complexity index is 444. The van der Waals surface area contributed by atoms with Crippen molar-refractivity contribution in [1.82, 2.24) is 9.97 Å². The van der Waals surface area contributed by atoms with Crippen molar-refractivity contribution in [3.63, 3.8) is 0 Å². The minimum Gasteiger partial charge on any atom is -0.303 e. The van der Waals surface area contributed by atoms with Crippen molar-refractivity contribution in [3.05, 3.63) is 36.2 Å². The molecule has 0 aliphatic carbocycles. The number of carbonyl (C=O) groups excluding carboxylic acids is 1. The van der Waals surface area contributed by atoms with Gasteiger partial charge in [-0.25, -0.2) is 0 Å². The summed E-state index contributed by atoms with van der Waals surface area (Å²) in [7, 11) is 0. The summed E-state index contributed by atoms with van der Waals surface area (Å²) in [4.78, 5) is 18.6. The van der Waals surface area contributed by atoms with Crippen LogP contribution in [-0.4, -0.2) is 16.3 Å². The van der Waals surface area contributed by atoms with Gasteiger partial charge in [0, 0.05) is 18.8 Å². The van der Waals surface area contributed by atoms with Gasteiger partial charge in [-0.2, -0.15) is 0 Å². The maximum atomic E-state index is 10.3. The summed E-state index contributed by atoms with van der Waals surface area (Å²) >= 11 is 0. The molecule has 0 saturated heterocycles. The van der Waals surface area contributed by atoms with Crippen LogP contribution in [0.3, 0.4) is 0 Å². The fourth-order valence-electron chi connectivity index (χ4n) is 1.23. The first-order valence-electron chi connectivity index (χ1n) is 4.37. The number of carbonyl (C=O) groups is 1. The molecule has 0 spiro atoms. The second-order valence-corrected chi connectivity index (χ2v) is 2.75. The minimum absolute atomic E-state index is 0.437. The molecular formula is C10H12N4O. The van der Waals surface area contributed by atoms with Crippen molar-refractivity contribution >= 4 is 17.3 Å². The Morgan fingerprint density at radius 3 is 2.47 bits per heavy atom. The quantitative estimate of drug-likeness (QED) is 0.413. The SMILES string of the molecule is NN.O=CCc1ccc2nccnc2c1. The van der Waals surface area contributed by atoms with Gasteiger partial charge >= 0.3 is 0 Å². The molecule has 1 aromatic heterocycles. The van der Waals surface area contributed by atoms with E-state index in [0.717, 1.165) is 22.9 Å². The molecule has 0 bridgehead atoms. The smallest absolute Gasteiger partial charge is 0.124 e. The van der Waals surface area contributed by atoms with E-state index in [0.29, 0.717) is 6.42 Å². The number of fused-ring (bicyclic) bond motifs is 1. The Morgan fingerprint density at radius 2 is 1.80 bits per heavy atom. The molecule has 15 heavy (non-hydrogen) atoms. The second-order valence-electron chi connectivity index (χ2n) is 2.75. The van der Waals surface area contributed by atoms with Crippen molar-refractivity contribution in [2.75, 3.05) is 0 Å². The summed E-state index contributed by atoms with van der Waals surface area (Å²) < 4.78 is 0. The lowest BCUT2D eigenvalue weighted by molar-refractivity contribution is -0.107. The van der Waals surface area contributed by atoms with Crippen LogP contribution in [0.25, 0.3) is 11.0 Å². The molecule has 0 unspecified atom stereocenters. The fraction of sp³-hybridized carbons (Fsp3) is 0.100. The number of hydrazine groups is 1. The van der Waals surface area contributed by atoms with E-state index >= 15 is 0 Å². The van der Waals surface area contributed by atoms with Gasteiger partial charge in [0.2, 0.25) is 0 Å². The average molecular weight is 204 g/mol. The molecule has 1 heterocycles. The molecule has 0 fully saturated rings. The molecule has 0 aliphatic heterocycles. The molecule has 5 heteroatoms. The van der Waals surface area contributed by atoms with E-state index in [1.54, 1.807) is 12.4 Å². The zero-order valence-electron chi connectivity index (χ0n) is 8.13. The van der Waals surface area contributed by atoms with Gasteiger partial charge in [-0.3, -0.25) is 21.7 Å². The average Bonchev–Trinajstić information content (AvgIpc) is 2.32. The summed E-state index contributed by atoms with van der Waals surface area (Å²) in [5, 5.41) is 0. The van der Waals surface area contributed by atoms with Crippen molar-refractivity contribution in [3.8, 4) is 0 Å². The summed E-state index contributed by atoms with van der Waals surface area (Å²) in [6.07, 6.45) is 4.62. The number of nitrogens with two attached hydrogens (primary N) is 2. The molecule has 0 saturated carbocycles. The van der Waals surface area contributed by atoms with Crippen LogP contribution in [0.5, 0.6) is 0 Å². The van der Waals surface area contributed by atoms with Crippen LogP contribution in [-0.2, 0) is 11.2 Å². The largest absolute Gasteiger partial charge is 0.303 e. The minimum atomic E-state index is 0.437. The zero-order valence-corrected chi connectivity index (χ0v) is 8.13. The first-order chi connectivity index (χ1) is 7.40. The van der Waals surface area contributed by atoms with E-state index in [1.807, 2.05) is 18.2 Å². The van der Waals surface area contributed by atoms with E-state index in [4.69, 9.17) is 0 Å². The van der Waals surface area contributed by atoms with Crippen LogP contribution in [0.15, 0.2) is 30.6 Å². The third-order valence-corrected chi connectivity index (χ3v) is 1.85. The molecule has 0 atom stereocenters. The van der Waals surface area contributed by atoms with Crippen LogP contribution in [0.1, 0.15) is 5.56 Å². The van der Waals surface area contributed by atoms with Crippen LogP contribution < -0.4 is 11.7 Å². The van der Waals surface area contributed by atoms with Gasteiger partial charge in [-0.05, 0) is 17.7 Å². The Kier molecular flexibility index (Phi) is 4.33. The molecule has 1 aromatic carbocycles. The van der Waals surface area contributed by atoms with Gasteiger partial charge in [0.25, 0.3) is 0 Å². The molecule has 0 radical (unpaired) electrons. The Labute approximate surface area is 87.1 Å². The summed E-state index contributed by atoms with van der Waals surface area (Å²) in [5.74, 6) is 8.00. The zero-order chi connectivity index (χ0) is 11.1. The Morgan fingerprint density at radius 1 is 1.13 bits per heavy atom. The number of nitrogens with zero attached hydrogens (tertiary/aromatic N) is 2. The fourth-order valence-corrected chi connectivity index (χ4v) is 1.23. The predicted octanol–water partition coefficient (Wildman–Crippen LogP) is 0.190. The van der Waals surface area contributed by atoms with Crippen molar-refractivity contribution in [1.29, 1.82) is 0 Å². The number of benzene rings is 1. The molecule has 78 valence electrons. The highest BCUT2D eigenvalue weighted by Gasteiger charge is 1.96. The van der Waals surface area contributed by atoms with E-state index in [1.165, 1.54) is 0 Å². The van der Waals surface area contributed by atoms with Gasteiger partial charge in [0.1, 0.15) is 6.29 Å². The van der Waals surface area contributed by atoms with Gasteiger partial charge in [0.15, 0.2) is 0 Å². The molecule has 0 amide bonds. The Balaban J connectivity index is 0.000000531. The van der Waals surface area contributed by atoms with E-state index in [-0.39, 0.29) is 0 Å². The lowest BCUT2D eigenvalue weighted by Gasteiger charge is -1.97. The topological polar surface area (TPSA) is 94.9 Å². The van der Waals surface area contributed by atoms with Crippen LogP contribution >= 0.6 is 0 Å². The normalized spacial score (nSPS) is 9.20. The third-order valence-electron chi connectivity index (χ3n) is 1.85. The first-order valence-corrected chi connectivity index (χ1v) is 4.37. The highest BCUT2D eigenvalue weighted by Crippen LogP contribution is 2.10. The van der Waals surface area contributed by atoms with Crippen LogP contribution in [0, 0.1) is 0 Å². The number of rotatable bonds is 2. The molecule has 2 rings (SSSR count). The van der Waals surface area contributed by atoms with Crippen LogP contribution in [0.2, 0.25) is 0 Å². The Hall–Kier alpha value is -1.85. The second kappa shape index (κ2) is 5.79. The number of hydrogen-bond donors (Lipinski definition) is 2. The van der Waals surface area contributed by atoms with E-state index in [9.17, 15) is 4.79 Å². The molecular weight excluding hydrogens is 192 g/mol. The van der Waals surface area contributed by atoms with Crippen molar-refractivity contribution in [2.45, 2.75) is 6.42 Å². The molecule has 4 N–H and O–H groups in total. The predicted molar refractivity (Wildman–Crippen MR) is 57.7 cm³/mol. The van der Waals surface area contributed by atoms with Gasteiger partial charge in [0.05, 0.1) is 11.0 Å². The van der Waals surface area contributed by atoms with Gasteiger partial charge in [-0.1, -0.05) is 6.07 Å². The van der Waals surface area contributed by atoms with Gasteiger partial charge < -0.3 is 4.79 Å². The lowest BCUT2D eigenvalue weighted by Crippen LogP contribution is -2.02. The van der Waals surface area contributed by atoms with Crippen LogP contribution in [0.4, 0.5) is 0 Å². The molecule has 5 nitrogen and oxygen atoms in total. The number of hydrogen-bond acceptors (Lipinski definition) is 5. The van der Waals surface area contributed by atoms with Crippen molar-refractivity contribution in [2.24, 2.45) is 11.7 Å². The van der Waals surface area contributed by atoms with E-state index in [2.05, 4.69) is 21.7 Å². The van der Waals surface area contributed by atoms with Crippen molar-refractivity contribution < 1.29 is 4.79 Å². The third kappa shape index (κ3) is 2.80. The lowest BCUT2D eigenvalue weighted by atomic mass is 10.1. The number of aromatic nitrogens is 2. The maximum Gasteiger partial charge on any atom is 0.124 e.